The average Bonchev–Trinajstić information content (AvgIpc) is 3.19. The van der Waals surface area contributed by atoms with Gasteiger partial charge in [-0.2, -0.15) is 0 Å². The molecule has 7 nitrogen and oxygen atoms in total. The maximum absolute atomic E-state index is 13.7. The molecule has 28 heavy (non-hydrogen) atoms. The van der Waals surface area contributed by atoms with E-state index in [1.54, 1.807) is 24.3 Å². The normalized spacial score (nSPS) is 15.7. The largest absolute Gasteiger partial charge is 0.368 e. The molecule has 3 amide bonds. The summed E-state index contributed by atoms with van der Waals surface area (Å²) >= 11 is 0. The maximum atomic E-state index is 13.7. The van der Waals surface area contributed by atoms with Gasteiger partial charge in [0.15, 0.2) is 0 Å². The third-order valence-electron chi connectivity index (χ3n) is 4.15. The number of hydrogen-bond acceptors (Lipinski definition) is 4. The van der Waals surface area contributed by atoms with E-state index in [-0.39, 0.29) is 11.6 Å². The Bertz CT molecular complexity index is 910. The van der Waals surface area contributed by atoms with Crippen molar-refractivity contribution in [2.24, 2.45) is 0 Å². The van der Waals surface area contributed by atoms with Gasteiger partial charge in [-0.15, -0.1) is 0 Å². The number of amides is 3. The van der Waals surface area contributed by atoms with Crippen LogP contribution < -0.4 is 16.0 Å². The first kappa shape index (κ1) is 19.5. The second kappa shape index (κ2) is 8.62. The lowest BCUT2D eigenvalue weighted by atomic mass is 10.1. The fourth-order valence-electron chi connectivity index (χ4n) is 2.84. The van der Waals surface area contributed by atoms with E-state index in [0.717, 1.165) is 12.5 Å². The molecular formula is C20H20FN3O4. The molecule has 0 saturated carbocycles. The first-order chi connectivity index (χ1) is 13.4. The predicted molar refractivity (Wildman–Crippen MR) is 103 cm³/mol. The highest BCUT2D eigenvalue weighted by Crippen LogP contribution is 2.21. The number of rotatable bonds is 5. The highest BCUT2D eigenvalue weighted by Gasteiger charge is 2.23. The Hall–Kier alpha value is -3.26. The van der Waals surface area contributed by atoms with Crippen LogP contribution >= 0.6 is 0 Å². The Morgan fingerprint density at radius 1 is 1.04 bits per heavy atom. The van der Waals surface area contributed by atoms with Crippen molar-refractivity contribution >= 4 is 34.8 Å². The summed E-state index contributed by atoms with van der Waals surface area (Å²) in [5.41, 5.74) is 1.09. The molecule has 0 spiro atoms. The Labute approximate surface area is 161 Å². The van der Waals surface area contributed by atoms with Crippen molar-refractivity contribution in [1.29, 1.82) is 0 Å². The zero-order valence-corrected chi connectivity index (χ0v) is 15.3. The van der Waals surface area contributed by atoms with Crippen molar-refractivity contribution in [3.05, 3.63) is 53.8 Å². The van der Waals surface area contributed by atoms with Crippen LogP contribution in [-0.4, -0.2) is 30.4 Å². The minimum Gasteiger partial charge on any atom is -0.368 e. The molecule has 0 aliphatic carbocycles. The summed E-state index contributed by atoms with van der Waals surface area (Å²) in [5.74, 6) is -1.70. The van der Waals surface area contributed by atoms with Crippen LogP contribution in [0.3, 0.4) is 0 Å². The lowest BCUT2D eigenvalue weighted by molar-refractivity contribution is -0.124. The van der Waals surface area contributed by atoms with Gasteiger partial charge >= 0.3 is 0 Å². The molecule has 1 aliphatic heterocycles. The van der Waals surface area contributed by atoms with Crippen LogP contribution in [0.25, 0.3) is 0 Å². The maximum Gasteiger partial charge on any atom is 0.255 e. The minimum absolute atomic E-state index is 0.0251. The van der Waals surface area contributed by atoms with Gasteiger partial charge in [-0.1, -0.05) is 6.07 Å². The van der Waals surface area contributed by atoms with E-state index in [1.807, 2.05) is 0 Å². The van der Waals surface area contributed by atoms with Crippen LogP contribution in [0.4, 0.5) is 21.5 Å². The molecule has 2 aromatic carbocycles. The molecule has 1 aliphatic rings. The standard InChI is InChI=1S/C20H20FN3O4/c1-12(25)22-17-11-15(7-8-16(17)21)23-19(26)13-4-2-5-14(10-13)24-20(27)18-6-3-9-28-18/h2,4-5,7-8,10-11,18H,3,6,9H2,1H3,(H,22,25)(H,23,26)(H,24,27). The molecule has 1 fully saturated rings. The summed E-state index contributed by atoms with van der Waals surface area (Å²) in [6, 6.07) is 10.3. The van der Waals surface area contributed by atoms with Crippen molar-refractivity contribution in [1.82, 2.24) is 0 Å². The van der Waals surface area contributed by atoms with E-state index in [2.05, 4.69) is 16.0 Å². The van der Waals surface area contributed by atoms with Crippen LogP contribution in [0.15, 0.2) is 42.5 Å². The molecule has 8 heteroatoms. The van der Waals surface area contributed by atoms with E-state index in [0.29, 0.717) is 30.0 Å². The van der Waals surface area contributed by atoms with Gasteiger partial charge in [-0.25, -0.2) is 4.39 Å². The van der Waals surface area contributed by atoms with Crippen LogP contribution in [0.5, 0.6) is 0 Å². The topological polar surface area (TPSA) is 96.5 Å². The second-order valence-electron chi connectivity index (χ2n) is 6.40. The van der Waals surface area contributed by atoms with Crippen LogP contribution in [-0.2, 0) is 14.3 Å². The third-order valence-corrected chi connectivity index (χ3v) is 4.15. The number of halogens is 1. The number of hydrogen-bond donors (Lipinski definition) is 3. The highest BCUT2D eigenvalue weighted by atomic mass is 19.1. The summed E-state index contributed by atoms with van der Waals surface area (Å²) in [6.45, 7) is 1.83. The summed E-state index contributed by atoms with van der Waals surface area (Å²) < 4.78 is 19.1. The molecule has 3 rings (SSSR count). The number of carbonyl (C=O) groups is 3. The average molecular weight is 385 g/mol. The van der Waals surface area contributed by atoms with E-state index < -0.39 is 23.7 Å². The third kappa shape index (κ3) is 4.92. The zero-order valence-electron chi connectivity index (χ0n) is 15.3. The first-order valence-electron chi connectivity index (χ1n) is 8.83. The van der Waals surface area contributed by atoms with Gasteiger partial charge < -0.3 is 20.7 Å². The van der Waals surface area contributed by atoms with Crippen molar-refractivity contribution in [3.8, 4) is 0 Å². The molecule has 2 aromatic rings. The Kier molecular flexibility index (Phi) is 6.00. The van der Waals surface area contributed by atoms with E-state index in [9.17, 15) is 18.8 Å². The summed E-state index contributed by atoms with van der Waals surface area (Å²) in [4.78, 5) is 35.8. The molecule has 0 radical (unpaired) electrons. The van der Waals surface area contributed by atoms with Crippen molar-refractivity contribution in [3.63, 3.8) is 0 Å². The fourth-order valence-corrected chi connectivity index (χ4v) is 2.84. The SMILES string of the molecule is CC(=O)Nc1cc(NC(=O)c2cccc(NC(=O)C3CCCO3)c2)ccc1F. The Balaban J connectivity index is 1.69. The fraction of sp³-hybridized carbons (Fsp3) is 0.250. The predicted octanol–water partition coefficient (Wildman–Crippen LogP) is 3.15. The molecule has 1 atom stereocenters. The van der Waals surface area contributed by atoms with Crippen molar-refractivity contribution in [2.45, 2.75) is 25.9 Å². The van der Waals surface area contributed by atoms with Gasteiger partial charge in [0, 0.05) is 30.5 Å². The summed E-state index contributed by atoms with van der Waals surface area (Å²) in [6.07, 6.45) is 1.05. The van der Waals surface area contributed by atoms with E-state index in [4.69, 9.17) is 4.74 Å². The van der Waals surface area contributed by atoms with Crippen molar-refractivity contribution in [2.75, 3.05) is 22.6 Å². The summed E-state index contributed by atoms with van der Waals surface area (Å²) in [5, 5.41) is 7.74. The molecule has 3 N–H and O–H groups in total. The van der Waals surface area contributed by atoms with E-state index in [1.165, 1.54) is 19.1 Å². The number of carbonyl (C=O) groups excluding carboxylic acids is 3. The highest BCUT2D eigenvalue weighted by molar-refractivity contribution is 6.06. The number of anilines is 3. The minimum atomic E-state index is -0.605. The molecule has 0 aromatic heterocycles. The van der Waals surface area contributed by atoms with Crippen molar-refractivity contribution < 1.29 is 23.5 Å². The zero-order chi connectivity index (χ0) is 20.1. The molecule has 146 valence electrons. The number of ether oxygens (including phenoxy) is 1. The number of benzene rings is 2. The smallest absolute Gasteiger partial charge is 0.255 e. The van der Waals surface area contributed by atoms with Gasteiger partial charge in [0.25, 0.3) is 11.8 Å². The number of nitrogens with one attached hydrogen (secondary N) is 3. The molecule has 1 saturated heterocycles. The van der Waals surface area contributed by atoms with Crippen LogP contribution in [0.1, 0.15) is 30.1 Å². The molecule has 0 bridgehead atoms. The quantitative estimate of drug-likeness (QED) is 0.737. The lowest BCUT2D eigenvalue weighted by Gasteiger charge is -2.12. The molecule has 1 unspecified atom stereocenters. The summed E-state index contributed by atoms with van der Waals surface area (Å²) in [7, 11) is 0. The molecular weight excluding hydrogens is 365 g/mol. The van der Waals surface area contributed by atoms with Gasteiger partial charge in [-0.05, 0) is 49.2 Å². The Morgan fingerprint density at radius 2 is 1.82 bits per heavy atom. The Morgan fingerprint density at radius 3 is 2.54 bits per heavy atom. The van der Waals surface area contributed by atoms with Gasteiger partial charge in [0.05, 0.1) is 5.69 Å². The van der Waals surface area contributed by atoms with Gasteiger partial charge in [0.1, 0.15) is 11.9 Å². The van der Waals surface area contributed by atoms with Gasteiger partial charge in [-0.3, -0.25) is 14.4 Å². The second-order valence-corrected chi connectivity index (χ2v) is 6.40. The van der Waals surface area contributed by atoms with Crippen LogP contribution in [0, 0.1) is 5.82 Å². The first-order valence-corrected chi connectivity index (χ1v) is 8.83. The monoisotopic (exact) mass is 385 g/mol. The van der Waals surface area contributed by atoms with E-state index >= 15 is 0 Å². The van der Waals surface area contributed by atoms with Gasteiger partial charge in [0.2, 0.25) is 5.91 Å². The van der Waals surface area contributed by atoms with Crippen LogP contribution in [0.2, 0.25) is 0 Å². The molecule has 1 heterocycles. The lowest BCUT2D eigenvalue weighted by Crippen LogP contribution is -2.27.